The van der Waals surface area contributed by atoms with Crippen molar-refractivity contribution in [1.82, 2.24) is 15.1 Å². The first-order chi connectivity index (χ1) is 13.6. The summed E-state index contributed by atoms with van der Waals surface area (Å²) in [6, 6.07) is 16.2. The highest BCUT2D eigenvalue weighted by molar-refractivity contribution is 5.93. The van der Waals surface area contributed by atoms with Gasteiger partial charge in [0.05, 0.1) is 11.7 Å². The Bertz CT molecular complexity index is 985. The number of nitrogens with zero attached hydrogens (tertiary/aromatic N) is 2. The van der Waals surface area contributed by atoms with Crippen LogP contribution in [0, 0.1) is 12.7 Å². The number of aromatic nitrogens is 2. The second kappa shape index (κ2) is 7.84. The van der Waals surface area contributed by atoms with Crippen LogP contribution in [0.4, 0.5) is 4.39 Å². The maximum atomic E-state index is 13.7. The molecule has 3 aromatic rings. The lowest BCUT2D eigenvalue weighted by atomic mass is 9.99. The van der Waals surface area contributed by atoms with Crippen molar-refractivity contribution in [3.8, 4) is 5.75 Å². The Morgan fingerprint density at radius 3 is 2.86 bits per heavy atom. The van der Waals surface area contributed by atoms with Gasteiger partial charge >= 0.3 is 0 Å². The molecule has 1 fully saturated rings. The van der Waals surface area contributed by atoms with E-state index in [1.165, 1.54) is 17.2 Å². The molecule has 4 rings (SSSR count). The maximum absolute atomic E-state index is 13.7. The fourth-order valence-corrected chi connectivity index (χ4v) is 3.70. The van der Waals surface area contributed by atoms with Crippen molar-refractivity contribution in [3.05, 3.63) is 82.9 Å². The fraction of sp³-hybridized carbons (Fsp3) is 0.273. The largest absolute Gasteiger partial charge is 0.484 e. The number of hydrogen-bond donors (Lipinski definition) is 1. The average Bonchev–Trinajstić information content (AvgIpc) is 3.37. The highest BCUT2D eigenvalue weighted by atomic mass is 19.1. The van der Waals surface area contributed by atoms with Gasteiger partial charge in [-0.3, -0.25) is 9.89 Å². The summed E-state index contributed by atoms with van der Waals surface area (Å²) < 4.78 is 19.1. The molecule has 0 spiro atoms. The summed E-state index contributed by atoms with van der Waals surface area (Å²) >= 11 is 0. The average molecular weight is 379 g/mol. The van der Waals surface area contributed by atoms with Crippen LogP contribution in [0.5, 0.6) is 5.75 Å². The van der Waals surface area contributed by atoms with Gasteiger partial charge in [0.2, 0.25) is 0 Å². The van der Waals surface area contributed by atoms with Crippen molar-refractivity contribution in [2.75, 3.05) is 6.54 Å². The van der Waals surface area contributed by atoms with E-state index in [4.69, 9.17) is 4.74 Å². The van der Waals surface area contributed by atoms with Gasteiger partial charge in [-0.15, -0.1) is 0 Å². The Morgan fingerprint density at radius 1 is 1.25 bits per heavy atom. The molecule has 0 bridgehead atoms. The van der Waals surface area contributed by atoms with Gasteiger partial charge in [0.25, 0.3) is 5.91 Å². The second-order valence-corrected chi connectivity index (χ2v) is 7.01. The van der Waals surface area contributed by atoms with Crippen LogP contribution in [0.15, 0.2) is 54.6 Å². The number of hydrogen-bond acceptors (Lipinski definition) is 3. The molecule has 144 valence electrons. The van der Waals surface area contributed by atoms with Crippen LogP contribution in [-0.2, 0) is 6.61 Å². The first kappa shape index (κ1) is 18.2. The van der Waals surface area contributed by atoms with E-state index in [2.05, 4.69) is 29.3 Å². The Balaban J connectivity index is 1.46. The lowest BCUT2D eigenvalue weighted by Gasteiger charge is -2.25. The summed E-state index contributed by atoms with van der Waals surface area (Å²) in [6.07, 6.45) is 1.92. The third-order valence-electron chi connectivity index (χ3n) is 5.13. The number of aromatic amines is 1. The van der Waals surface area contributed by atoms with Gasteiger partial charge in [-0.05, 0) is 49.1 Å². The predicted molar refractivity (Wildman–Crippen MR) is 104 cm³/mol. The Kier molecular flexibility index (Phi) is 5.10. The predicted octanol–water partition coefficient (Wildman–Crippen LogP) is 4.41. The van der Waals surface area contributed by atoms with Crippen molar-refractivity contribution in [2.45, 2.75) is 32.4 Å². The number of aryl methyl sites for hydroxylation is 1. The third kappa shape index (κ3) is 3.63. The molecule has 0 radical (unpaired) electrons. The number of para-hydroxylation sites is 1. The minimum absolute atomic E-state index is 0.0727. The van der Waals surface area contributed by atoms with Crippen molar-refractivity contribution < 1.29 is 13.9 Å². The number of likely N-dealkylation sites (tertiary alicyclic amines) is 1. The number of rotatable bonds is 5. The number of benzene rings is 2. The molecule has 28 heavy (non-hydrogen) atoms. The summed E-state index contributed by atoms with van der Waals surface area (Å²) in [6.45, 7) is 2.90. The molecular weight excluding hydrogens is 357 g/mol. The smallest absolute Gasteiger partial charge is 0.274 e. The van der Waals surface area contributed by atoms with E-state index < -0.39 is 5.82 Å². The van der Waals surface area contributed by atoms with E-state index >= 15 is 0 Å². The molecule has 6 heteroatoms. The molecule has 1 N–H and O–H groups in total. The van der Waals surface area contributed by atoms with E-state index in [-0.39, 0.29) is 24.3 Å². The van der Waals surface area contributed by atoms with Gasteiger partial charge in [0.1, 0.15) is 6.61 Å². The zero-order chi connectivity index (χ0) is 19.5. The number of nitrogens with one attached hydrogen (secondary N) is 1. The lowest BCUT2D eigenvalue weighted by Crippen LogP contribution is -2.31. The van der Waals surface area contributed by atoms with E-state index in [9.17, 15) is 9.18 Å². The van der Waals surface area contributed by atoms with Gasteiger partial charge in [-0.2, -0.15) is 5.10 Å². The first-order valence-electron chi connectivity index (χ1n) is 9.41. The van der Waals surface area contributed by atoms with Crippen molar-refractivity contribution >= 4 is 5.91 Å². The topological polar surface area (TPSA) is 58.2 Å². The quantitative estimate of drug-likeness (QED) is 0.714. The Hall–Kier alpha value is -3.15. The first-order valence-corrected chi connectivity index (χ1v) is 9.41. The van der Waals surface area contributed by atoms with Crippen molar-refractivity contribution in [1.29, 1.82) is 0 Å². The van der Waals surface area contributed by atoms with Gasteiger partial charge in [-0.1, -0.05) is 36.4 Å². The summed E-state index contributed by atoms with van der Waals surface area (Å²) in [4.78, 5) is 14.9. The highest BCUT2D eigenvalue weighted by Crippen LogP contribution is 2.34. The zero-order valence-corrected chi connectivity index (χ0v) is 15.7. The molecule has 1 atom stereocenters. The van der Waals surface area contributed by atoms with Gasteiger partial charge in [-0.25, -0.2) is 4.39 Å². The second-order valence-electron chi connectivity index (χ2n) is 7.01. The standard InChI is InChI=1S/C22H22FN3O2/c1-15-7-2-3-8-17(15)20-10-6-12-26(20)22(27)19-13-16(24-25-19)14-28-21-11-5-4-9-18(21)23/h2-5,7-9,11,13,20H,6,10,12,14H2,1H3,(H,24,25)/t20-/m1/s1. The minimum atomic E-state index is -0.420. The molecule has 1 amide bonds. The third-order valence-corrected chi connectivity index (χ3v) is 5.13. The van der Waals surface area contributed by atoms with Crippen LogP contribution in [0.3, 0.4) is 0 Å². The number of ether oxygens (including phenoxy) is 1. The summed E-state index contributed by atoms with van der Waals surface area (Å²) in [7, 11) is 0. The lowest BCUT2D eigenvalue weighted by molar-refractivity contribution is 0.0729. The van der Waals surface area contributed by atoms with Gasteiger partial charge < -0.3 is 9.64 Å². The molecule has 2 heterocycles. The van der Waals surface area contributed by atoms with E-state index in [0.717, 1.165) is 12.8 Å². The van der Waals surface area contributed by atoms with Crippen molar-refractivity contribution in [3.63, 3.8) is 0 Å². The van der Waals surface area contributed by atoms with E-state index in [0.29, 0.717) is 17.9 Å². The minimum Gasteiger partial charge on any atom is -0.484 e. The summed E-state index contributed by atoms with van der Waals surface area (Å²) in [5.74, 6) is -0.347. The zero-order valence-electron chi connectivity index (χ0n) is 15.7. The van der Waals surface area contributed by atoms with Crippen LogP contribution >= 0.6 is 0 Å². The molecule has 1 aliphatic heterocycles. The Labute approximate surface area is 163 Å². The van der Waals surface area contributed by atoms with Crippen LogP contribution in [-0.4, -0.2) is 27.5 Å². The van der Waals surface area contributed by atoms with Crippen LogP contribution in [0.2, 0.25) is 0 Å². The molecule has 0 unspecified atom stereocenters. The molecule has 1 aliphatic rings. The van der Waals surface area contributed by atoms with Gasteiger partial charge in [0.15, 0.2) is 17.3 Å². The molecule has 2 aromatic carbocycles. The van der Waals surface area contributed by atoms with Crippen molar-refractivity contribution in [2.24, 2.45) is 0 Å². The molecule has 1 aromatic heterocycles. The monoisotopic (exact) mass is 379 g/mol. The molecule has 0 aliphatic carbocycles. The number of H-pyrrole nitrogens is 1. The van der Waals surface area contributed by atoms with Crippen LogP contribution in [0.25, 0.3) is 0 Å². The van der Waals surface area contributed by atoms with E-state index in [1.807, 2.05) is 17.0 Å². The van der Waals surface area contributed by atoms with Crippen LogP contribution in [0.1, 0.15) is 46.2 Å². The Morgan fingerprint density at radius 2 is 2.04 bits per heavy atom. The number of halogens is 1. The van der Waals surface area contributed by atoms with Crippen LogP contribution < -0.4 is 4.74 Å². The number of carbonyl (C=O) groups excluding carboxylic acids is 1. The molecular formula is C22H22FN3O2. The molecule has 5 nitrogen and oxygen atoms in total. The summed E-state index contributed by atoms with van der Waals surface area (Å²) in [5, 5.41) is 6.98. The van der Waals surface area contributed by atoms with E-state index in [1.54, 1.807) is 24.3 Å². The number of amides is 1. The fourth-order valence-electron chi connectivity index (χ4n) is 3.70. The molecule has 0 saturated carbocycles. The summed E-state index contributed by atoms with van der Waals surface area (Å²) in [5.41, 5.74) is 3.35. The maximum Gasteiger partial charge on any atom is 0.274 e. The number of carbonyl (C=O) groups is 1. The normalized spacial score (nSPS) is 16.4. The molecule has 1 saturated heterocycles. The highest BCUT2D eigenvalue weighted by Gasteiger charge is 2.32. The SMILES string of the molecule is Cc1ccccc1[C@H]1CCCN1C(=O)c1cc(COc2ccccc2F)[nH]n1. The van der Waals surface area contributed by atoms with Gasteiger partial charge in [0, 0.05) is 6.54 Å².